The van der Waals surface area contributed by atoms with Crippen LogP contribution in [0.2, 0.25) is 0 Å². The molecule has 1 aromatic rings. The minimum Gasteiger partial charge on any atom is -0.395 e. The Kier molecular flexibility index (Phi) is 5.72. The fourth-order valence-electron chi connectivity index (χ4n) is 1.33. The molecule has 0 atom stereocenters. The van der Waals surface area contributed by atoms with Crippen LogP contribution in [0.4, 0.5) is 0 Å². The molecule has 1 amide bonds. The van der Waals surface area contributed by atoms with E-state index in [0.717, 1.165) is 3.57 Å². The van der Waals surface area contributed by atoms with Crippen LogP contribution >= 0.6 is 22.6 Å². The minimum absolute atomic E-state index is 0.101. The van der Waals surface area contributed by atoms with Crippen molar-refractivity contribution in [1.29, 1.82) is 0 Å². The molecule has 0 spiro atoms. The molecule has 1 aromatic carbocycles. The van der Waals surface area contributed by atoms with Crippen LogP contribution in [0, 0.1) is 3.57 Å². The lowest BCUT2D eigenvalue weighted by atomic mass is 10.2. The zero-order chi connectivity index (χ0) is 12.0. The van der Waals surface area contributed by atoms with Gasteiger partial charge in [0.2, 0.25) is 0 Å². The van der Waals surface area contributed by atoms with Crippen LogP contribution in [-0.2, 0) is 0 Å². The average Bonchev–Trinajstić information content (AvgIpc) is 2.29. The third kappa shape index (κ3) is 3.73. The fraction of sp³-hybridized carbons (Fsp3) is 0.364. The van der Waals surface area contributed by atoms with Crippen LogP contribution < -0.4 is 0 Å². The van der Waals surface area contributed by atoms with Gasteiger partial charge in [-0.3, -0.25) is 4.79 Å². The molecule has 0 saturated heterocycles. The van der Waals surface area contributed by atoms with Gasteiger partial charge < -0.3 is 15.1 Å². The van der Waals surface area contributed by atoms with Crippen molar-refractivity contribution < 1.29 is 15.0 Å². The Balaban J connectivity index is 2.77. The highest BCUT2D eigenvalue weighted by Crippen LogP contribution is 2.09. The zero-order valence-corrected chi connectivity index (χ0v) is 10.9. The summed E-state index contributed by atoms with van der Waals surface area (Å²) in [5, 5.41) is 17.7. The van der Waals surface area contributed by atoms with E-state index in [1.807, 2.05) is 12.1 Å². The first kappa shape index (κ1) is 13.4. The van der Waals surface area contributed by atoms with E-state index >= 15 is 0 Å². The minimum atomic E-state index is -0.167. The van der Waals surface area contributed by atoms with Crippen molar-refractivity contribution in [2.45, 2.75) is 0 Å². The molecule has 0 saturated carbocycles. The first-order chi connectivity index (χ1) is 7.69. The molecule has 5 heteroatoms. The van der Waals surface area contributed by atoms with Gasteiger partial charge in [0, 0.05) is 22.2 Å². The second kappa shape index (κ2) is 6.82. The third-order valence-corrected chi connectivity index (χ3v) is 2.84. The Morgan fingerprint density at radius 1 is 1.12 bits per heavy atom. The lowest BCUT2D eigenvalue weighted by Gasteiger charge is -2.20. The first-order valence-electron chi connectivity index (χ1n) is 4.95. The Hall–Kier alpha value is -0.660. The van der Waals surface area contributed by atoms with Crippen LogP contribution in [0.5, 0.6) is 0 Å². The molecule has 0 aliphatic heterocycles. The van der Waals surface area contributed by atoms with E-state index in [2.05, 4.69) is 22.6 Å². The van der Waals surface area contributed by atoms with Gasteiger partial charge in [0.05, 0.1) is 13.2 Å². The largest absolute Gasteiger partial charge is 0.395 e. The lowest BCUT2D eigenvalue weighted by Crippen LogP contribution is -2.35. The topological polar surface area (TPSA) is 60.8 Å². The maximum absolute atomic E-state index is 11.9. The highest BCUT2D eigenvalue weighted by Gasteiger charge is 2.14. The summed E-state index contributed by atoms with van der Waals surface area (Å²) in [4.78, 5) is 13.4. The van der Waals surface area contributed by atoms with Gasteiger partial charge in [-0.25, -0.2) is 0 Å². The number of halogens is 1. The number of amides is 1. The number of aliphatic hydroxyl groups excluding tert-OH is 2. The average molecular weight is 335 g/mol. The van der Waals surface area contributed by atoms with E-state index in [4.69, 9.17) is 10.2 Å². The molecule has 0 bridgehead atoms. The number of hydrogen-bond donors (Lipinski definition) is 2. The van der Waals surface area contributed by atoms with Crippen molar-refractivity contribution in [3.63, 3.8) is 0 Å². The van der Waals surface area contributed by atoms with Crippen molar-refractivity contribution in [3.8, 4) is 0 Å². The predicted molar refractivity (Wildman–Crippen MR) is 69.2 cm³/mol. The van der Waals surface area contributed by atoms with Gasteiger partial charge in [0.1, 0.15) is 0 Å². The lowest BCUT2D eigenvalue weighted by molar-refractivity contribution is 0.0685. The molecule has 0 aliphatic rings. The van der Waals surface area contributed by atoms with Crippen LogP contribution in [0.3, 0.4) is 0 Å². The van der Waals surface area contributed by atoms with Crippen LogP contribution in [-0.4, -0.2) is 47.3 Å². The maximum Gasteiger partial charge on any atom is 0.254 e. The summed E-state index contributed by atoms with van der Waals surface area (Å²) >= 11 is 2.17. The number of nitrogens with zero attached hydrogens (tertiary/aromatic N) is 1. The maximum atomic E-state index is 11.9. The Labute approximate surface area is 108 Å². The summed E-state index contributed by atoms with van der Waals surface area (Å²) in [6, 6.07) is 7.19. The number of hydrogen-bond acceptors (Lipinski definition) is 3. The molecule has 0 aromatic heterocycles. The number of aliphatic hydroxyl groups is 2. The van der Waals surface area contributed by atoms with Crippen molar-refractivity contribution in [2.75, 3.05) is 26.3 Å². The molecule has 88 valence electrons. The van der Waals surface area contributed by atoms with Gasteiger partial charge in [-0.15, -0.1) is 0 Å². The predicted octanol–water partition coefficient (Wildman–Crippen LogP) is 0.718. The quantitative estimate of drug-likeness (QED) is 0.780. The SMILES string of the molecule is O=C(c1ccc(I)cc1)N(CCO)CCO. The molecule has 0 radical (unpaired) electrons. The van der Waals surface area contributed by atoms with E-state index in [1.54, 1.807) is 12.1 Å². The molecule has 0 unspecified atom stereocenters. The van der Waals surface area contributed by atoms with Gasteiger partial charge >= 0.3 is 0 Å². The smallest absolute Gasteiger partial charge is 0.254 e. The summed E-state index contributed by atoms with van der Waals surface area (Å²) < 4.78 is 1.06. The van der Waals surface area contributed by atoms with E-state index in [1.165, 1.54) is 4.90 Å². The second-order valence-electron chi connectivity index (χ2n) is 3.25. The normalized spacial score (nSPS) is 10.2. The Bertz CT molecular complexity index is 334. The summed E-state index contributed by atoms with van der Waals surface area (Å²) in [6.45, 7) is 0.281. The van der Waals surface area contributed by atoms with E-state index in [0.29, 0.717) is 5.56 Å². The van der Waals surface area contributed by atoms with Gasteiger partial charge in [-0.1, -0.05) is 0 Å². The molecule has 0 fully saturated rings. The van der Waals surface area contributed by atoms with E-state index in [-0.39, 0.29) is 32.2 Å². The van der Waals surface area contributed by atoms with Gasteiger partial charge in [0.15, 0.2) is 0 Å². The molecular formula is C11H14INO3. The van der Waals surface area contributed by atoms with Crippen LogP contribution in [0.15, 0.2) is 24.3 Å². The number of benzene rings is 1. The van der Waals surface area contributed by atoms with Gasteiger partial charge in [-0.2, -0.15) is 0 Å². The Morgan fingerprint density at radius 3 is 2.06 bits per heavy atom. The van der Waals surface area contributed by atoms with Gasteiger partial charge in [0.25, 0.3) is 5.91 Å². The molecule has 2 N–H and O–H groups in total. The van der Waals surface area contributed by atoms with Crippen molar-refractivity contribution in [1.82, 2.24) is 4.90 Å². The number of carbonyl (C=O) groups excluding carboxylic acids is 1. The van der Waals surface area contributed by atoms with E-state index < -0.39 is 0 Å². The summed E-state index contributed by atoms with van der Waals surface area (Å²) in [7, 11) is 0. The Morgan fingerprint density at radius 2 is 1.62 bits per heavy atom. The molecular weight excluding hydrogens is 321 g/mol. The number of rotatable bonds is 5. The van der Waals surface area contributed by atoms with Crippen molar-refractivity contribution >= 4 is 28.5 Å². The van der Waals surface area contributed by atoms with Gasteiger partial charge in [-0.05, 0) is 46.9 Å². The van der Waals surface area contributed by atoms with E-state index in [9.17, 15) is 4.79 Å². The zero-order valence-electron chi connectivity index (χ0n) is 8.77. The molecule has 1 rings (SSSR count). The van der Waals surface area contributed by atoms with Crippen molar-refractivity contribution in [2.24, 2.45) is 0 Å². The highest BCUT2D eigenvalue weighted by molar-refractivity contribution is 14.1. The standard InChI is InChI=1S/C11H14INO3/c12-10-3-1-9(2-4-10)11(16)13(5-7-14)6-8-15/h1-4,14-15H,5-8H2. The summed E-state index contributed by atoms with van der Waals surface area (Å²) in [6.07, 6.45) is 0. The fourth-order valence-corrected chi connectivity index (χ4v) is 1.69. The van der Waals surface area contributed by atoms with Crippen LogP contribution in [0.1, 0.15) is 10.4 Å². The second-order valence-corrected chi connectivity index (χ2v) is 4.49. The van der Waals surface area contributed by atoms with Crippen molar-refractivity contribution in [3.05, 3.63) is 33.4 Å². The van der Waals surface area contributed by atoms with Crippen LogP contribution in [0.25, 0.3) is 0 Å². The first-order valence-corrected chi connectivity index (χ1v) is 6.03. The molecule has 0 aliphatic carbocycles. The highest BCUT2D eigenvalue weighted by atomic mass is 127. The summed E-state index contributed by atoms with van der Waals surface area (Å²) in [5.74, 6) is -0.167. The monoisotopic (exact) mass is 335 g/mol. The summed E-state index contributed by atoms with van der Waals surface area (Å²) in [5.41, 5.74) is 0.572. The molecule has 4 nitrogen and oxygen atoms in total. The number of carbonyl (C=O) groups is 1. The third-order valence-electron chi connectivity index (χ3n) is 2.12. The molecule has 16 heavy (non-hydrogen) atoms. The molecule has 0 heterocycles.